The molecule has 0 fully saturated rings. The molecule has 190 valence electrons. The van der Waals surface area contributed by atoms with E-state index in [0.717, 1.165) is 28.9 Å². The van der Waals surface area contributed by atoms with E-state index >= 15 is 0 Å². The maximum atomic E-state index is 13.6. The lowest BCUT2D eigenvalue weighted by Gasteiger charge is -2.19. The van der Waals surface area contributed by atoms with Gasteiger partial charge in [-0.1, -0.05) is 121 Å². The first-order valence-electron chi connectivity index (χ1n) is 13.2. The highest BCUT2D eigenvalue weighted by molar-refractivity contribution is 6.00. The first kappa shape index (κ1) is 24.3. The normalized spacial score (nSPS) is 11.1. The average Bonchev–Trinajstić information content (AvgIpc) is 3.45. The summed E-state index contributed by atoms with van der Waals surface area (Å²) in [4.78, 5) is 18.2. The van der Waals surface area contributed by atoms with Gasteiger partial charge >= 0.3 is 0 Å². The lowest BCUT2D eigenvalue weighted by molar-refractivity contribution is 0.0952. The van der Waals surface area contributed by atoms with Crippen molar-refractivity contribution in [3.63, 3.8) is 0 Å². The lowest BCUT2D eigenvalue weighted by Crippen LogP contribution is -2.27. The second-order valence-corrected chi connectivity index (χ2v) is 9.47. The van der Waals surface area contributed by atoms with Crippen LogP contribution in [0.25, 0.3) is 28.2 Å². The SMILES string of the molecule is O=C(NCCC(c1ccccc1)c1ccccc1)c1cnc2cc(-c3ccccc3)nn2c1-c1ccccc1. The van der Waals surface area contributed by atoms with Crippen molar-refractivity contribution in [2.24, 2.45) is 0 Å². The molecule has 0 bridgehead atoms. The molecule has 6 aromatic rings. The number of benzene rings is 4. The van der Waals surface area contributed by atoms with Crippen molar-refractivity contribution in [1.82, 2.24) is 19.9 Å². The van der Waals surface area contributed by atoms with E-state index in [1.165, 1.54) is 11.1 Å². The molecular weight excluding hydrogens is 480 g/mol. The predicted octanol–water partition coefficient (Wildman–Crippen LogP) is 7.02. The summed E-state index contributed by atoms with van der Waals surface area (Å²) in [6, 6.07) is 42.7. The van der Waals surface area contributed by atoms with E-state index in [9.17, 15) is 4.79 Å². The predicted molar refractivity (Wildman–Crippen MR) is 156 cm³/mol. The van der Waals surface area contributed by atoms with Crippen molar-refractivity contribution in [2.75, 3.05) is 6.54 Å². The zero-order valence-electron chi connectivity index (χ0n) is 21.4. The van der Waals surface area contributed by atoms with Gasteiger partial charge in [0.2, 0.25) is 0 Å². The van der Waals surface area contributed by atoms with Crippen LogP contribution in [0, 0.1) is 0 Å². The molecule has 5 nitrogen and oxygen atoms in total. The fraction of sp³-hybridized carbons (Fsp3) is 0.0882. The van der Waals surface area contributed by atoms with E-state index in [2.05, 4.69) is 58.8 Å². The molecule has 0 spiro atoms. The Bertz CT molecular complexity index is 1640. The first-order chi connectivity index (χ1) is 19.3. The van der Waals surface area contributed by atoms with Crippen molar-refractivity contribution in [3.8, 4) is 22.5 Å². The molecule has 5 heteroatoms. The van der Waals surface area contributed by atoms with E-state index in [0.29, 0.717) is 17.8 Å². The van der Waals surface area contributed by atoms with Crippen LogP contribution in [0.5, 0.6) is 0 Å². The zero-order chi connectivity index (χ0) is 26.4. The van der Waals surface area contributed by atoms with Crippen LogP contribution in [-0.2, 0) is 0 Å². The Morgan fingerprint density at radius 3 is 1.85 bits per heavy atom. The number of nitrogens with zero attached hydrogens (tertiary/aromatic N) is 3. The first-order valence-corrected chi connectivity index (χ1v) is 13.2. The second kappa shape index (κ2) is 11.2. The molecule has 1 amide bonds. The number of hydrogen-bond acceptors (Lipinski definition) is 3. The molecule has 0 aliphatic carbocycles. The molecule has 0 saturated carbocycles. The Morgan fingerprint density at radius 1 is 0.718 bits per heavy atom. The fourth-order valence-corrected chi connectivity index (χ4v) is 5.05. The van der Waals surface area contributed by atoms with Gasteiger partial charge in [-0.3, -0.25) is 4.79 Å². The monoisotopic (exact) mass is 508 g/mol. The van der Waals surface area contributed by atoms with Gasteiger partial charge in [-0.15, -0.1) is 0 Å². The molecular formula is C34H28N4O. The van der Waals surface area contributed by atoms with Gasteiger partial charge in [0, 0.05) is 35.9 Å². The Hall–Kier alpha value is -5.03. The molecule has 0 radical (unpaired) electrons. The van der Waals surface area contributed by atoms with Crippen LogP contribution in [0.4, 0.5) is 0 Å². The van der Waals surface area contributed by atoms with Crippen LogP contribution in [0.3, 0.4) is 0 Å². The van der Waals surface area contributed by atoms with Crippen molar-refractivity contribution >= 4 is 11.6 Å². The van der Waals surface area contributed by atoms with Crippen LogP contribution >= 0.6 is 0 Å². The van der Waals surface area contributed by atoms with Gasteiger partial charge in [-0.25, -0.2) is 9.50 Å². The van der Waals surface area contributed by atoms with E-state index in [-0.39, 0.29) is 11.8 Å². The summed E-state index contributed by atoms with van der Waals surface area (Å²) in [6.45, 7) is 0.522. The zero-order valence-corrected chi connectivity index (χ0v) is 21.4. The van der Waals surface area contributed by atoms with Crippen LogP contribution in [0.2, 0.25) is 0 Å². The number of carbonyl (C=O) groups excluding carboxylic acids is 1. The summed E-state index contributed by atoms with van der Waals surface area (Å²) in [7, 11) is 0. The molecule has 39 heavy (non-hydrogen) atoms. The number of fused-ring (bicyclic) bond motifs is 1. The van der Waals surface area contributed by atoms with Gasteiger partial charge in [0.05, 0.1) is 17.0 Å². The summed E-state index contributed by atoms with van der Waals surface area (Å²) in [5, 5.41) is 8.03. The van der Waals surface area contributed by atoms with Crippen LogP contribution in [0.1, 0.15) is 33.8 Å². The minimum atomic E-state index is -0.167. The largest absolute Gasteiger partial charge is 0.352 e. The Balaban J connectivity index is 1.31. The Labute approximate surface area is 227 Å². The summed E-state index contributed by atoms with van der Waals surface area (Å²) >= 11 is 0. The van der Waals surface area contributed by atoms with Gasteiger partial charge in [0.1, 0.15) is 0 Å². The maximum absolute atomic E-state index is 13.6. The van der Waals surface area contributed by atoms with E-state index in [1.807, 2.05) is 78.9 Å². The molecule has 2 aromatic heterocycles. The molecule has 0 aliphatic heterocycles. The maximum Gasteiger partial charge on any atom is 0.255 e. The van der Waals surface area contributed by atoms with Gasteiger partial charge in [0.15, 0.2) is 5.65 Å². The van der Waals surface area contributed by atoms with E-state index in [4.69, 9.17) is 5.10 Å². The van der Waals surface area contributed by atoms with Gasteiger partial charge < -0.3 is 5.32 Å². The third-order valence-electron chi connectivity index (χ3n) is 6.97. The number of nitrogens with one attached hydrogen (secondary N) is 1. The van der Waals surface area contributed by atoms with Crippen LogP contribution in [0.15, 0.2) is 134 Å². The summed E-state index contributed by atoms with van der Waals surface area (Å²) in [5.74, 6) is 0.0151. The quantitative estimate of drug-likeness (QED) is 0.240. The Kier molecular flexibility index (Phi) is 6.95. The summed E-state index contributed by atoms with van der Waals surface area (Å²) in [6.07, 6.45) is 2.44. The molecule has 6 rings (SSSR count). The van der Waals surface area contributed by atoms with Crippen LogP contribution < -0.4 is 5.32 Å². The highest BCUT2D eigenvalue weighted by atomic mass is 16.1. The standard InChI is InChI=1S/C34H28N4O/c39-34(35-22-21-29(25-13-5-1-6-14-25)26-15-7-2-8-16-26)30-24-36-32-23-31(27-17-9-3-10-18-27)37-38(32)33(30)28-19-11-4-12-20-28/h1-20,23-24,29H,21-22H2,(H,35,39). The number of carbonyl (C=O) groups is 1. The van der Waals surface area contributed by atoms with Crippen molar-refractivity contribution in [1.29, 1.82) is 0 Å². The minimum Gasteiger partial charge on any atom is -0.352 e. The second-order valence-electron chi connectivity index (χ2n) is 9.47. The highest BCUT2D eigenvalue weighted by Crippen LogP contribution is 2.29. The van der Waals surface area contributed by atoms with Gasteiger partial charge in [-0.2, -0.15) is 5.10 Å². The molecule has 1 N–H and O–H groups in total. The van der Waals surface area contributed by atoms with Gasteiger partial charge in [0.25, 0.3) is 5.91 Å². The van der Waals surface area contributed by atoms with Gasteiger partial charge in [-0.05, 0) is 17.5 Å². The van der Waals surface area contributed by atoms with E-state index in [1.54, 1.807) is 10.7 Å². The molecule has 0 aliphatic rings. The van der Waals surface area contributed by atoms with Crippen LogP contribution in [-0.4, -0.2) is 27.0 Å². The van der Waals surface area contributed by atoms with Crippen molar-refractivity contribution in [2.45, 2.75) is 12.3 Å². The number of aromatic nitrogens is 3. The number of hydrogen-bond donors (Lipinski definition) is 1. The highest BCUT2D eigenvalue weighted by Gasteiger charge is 2.20. The van der Waals surface area contributed by atoms with E-state index < -0.39 is 0 Å². The van der Waals surface area contributed by atoms with Crippen molar-refractivity contribution < 1.29 is 4.79 Å². The average molecular weight is 509 g/mol. The molecule has 0 saturated heterocycles. The third kappa shape index (κ3) is 5.20. The number of rotatable bonds is 8. The summed E-state index contributed by atoms with van der Waals surface area (Å²) in [5.41, 5.74) is 7.09. The fourth-order valence-electron chi connectivity index (χ4n) is 5.05. The number of amides is 1. The third-order valence-corrected chi connectivity index (χ3v) is 6.97. The lowest BCUT2D eigenvalue weighted by atomic mass is 9.88. The van der Waals surface area contributed by atoms with Crippen molar-refractivity contribution in [3.05, 3.63) is 150 Å². The molecule has 0 atom stereocenters. The Morgan fingerprint density at radius 2 is 1.26 bits per heavy atom. The molecule has 2 heterocycles. The summed E-state index contributed by atoms with van der Waals surface area (Å²) < 4.78 is 1.78. The molecule has 4 aromatic carbocycles. The smallest absolute Gasteiger partial charge is 0.255 e. The molecule has 0 unspecified atom stereocenters. The topological polar surface area (TPSA) is 59.3 Å². The minimum absolute atomic E-state index is 0.167.